The summed E-state index contributed by atoms with van der Waals surface area (Å²) in [6, 6.07) is 4.04. The lowest BCUT2D eigenvalue weighted by Gasteiger charge is -2.46. The number of H-pyrrole nitrogens is 1. The van der Waals surface area contributed by atoms with Gasteiger partial charge in [0.2, 0.25) is 5.82 Å². The zero-order valence-electron chi connectivity index (χ0n) is 23.1. The molecule has 1 amide bonds. The van der Waals surface area contributed by atoms with Crippen LogP contribution in [0, 0.1) is 0 Å². The Hall–Kier alpha value is -3.91. The van der Waals surface area contributed by atoms with Crippen molar-refractivity contribution in [3.05, 3.63) is 54.3 Å². The summed E-state index contributed by atoms with van der Waals surface area (Å²) in [4.78, 5) is 36.6. The number of amides is 1. The van der Waals surface area contributed by atoms with E-state index in [1.54, 1.807) is 18.3 Å². The predicted octanol–water partition coefficient (Wildman–Crippen LogP) is 3.39. The molecule has 5 heterocycles. The second-order valence-corrected chi connectivity index (χ2v) is 11.4. The maximum atomic E-state index is 13.7. The Morgan fingerprint density at radius 2 is 1.88 bits per heavy atom. The molecule has 3 fully saturated rings. The topological polar surface area (TPSA) is 121 Å². The van der Waals surface area contributed by atoms with Crippen LogP contribution in [0.4, 0.5) is 13.2 Å². The van der Waals surface area contributed by atoms with E-state index in [2.05, 4.69) is 40.2 Å². The molecule has 1 saturated heterocycles. The average Bonchev–Trinajstić information content (AvgIpc) is 3.62. The average molecular weight is 581 g/mol. The molecule has 42 heavy (non-hydrogen) atoms. The standard InChI is InChI=1S/C28H31F3N10O/c1-32-27(4-2-5-27)22-13-21(37-26(38-22)28(29,30)31)25(42)40-9-7-39(8-10-40)18-11-19(12-18)41-15-17(14-36-41)23-20-3-6-33-24(20)35-16-34-23/h3,6,13-16,18-19,32H,2,4-5,7-12H2,1H3,(H,33,34,35). The molecule has 0 radical (unpaired) electrons. The van der Waals surface area contributed by atoms with Crippen molar-refractivity contribution in [2.24, 2.45) is 0 Å². The van der Waals surface area contributed by atoms with Crippen molar-refractivity contribution in [1.29, 1.82) is 0 Å². The summed E-state index contributed by atoms with van der Waals surface area (Å²) in [5, 5.41) is 8.66. The molecule has 2 aliphatic carbocycles. The van der Waals surface area contributed by atoms with E-state index in [-0.39, 0.29) is 17.4 Å². The molecule has 3 aliphatic rings. The minimum Gasteiger partial charge on any atom is -0.346 e. The highest BCUT2D eigenvalue weighted by molar-refractivity contribution is 5.92. The molecule has 0 atom stereocenters. The molecule has 2 N–H and O–H groups in total. The zero-order valence-corrected chi connectivity index (χ0v) is 23.1. The van der Waals surface area contributed by atoms with Crippen LogP contribution in [0.2, 0.25) is 0 Å². The smallest absolute Gasteiger partial charge is 0.346 e. The largest absolute Gasteiger partial charge is 0.451 e. The number of alkyl halides is 3. The molecule has 14 heteroatoms. The van der Waals surface area contributed by atoms with Gasteiger partial charge in [-0.05, 0) is 51.3 Å². The monoisotopic (exact) mass is 580 g/mol. The van der Waals surface area contributed by atoms with Gasteiger partial charge in [0.25, 0.3) is 5.91 Å². The Labute approximate surface area is 239 Å². The number of halogens is 3. The highest BCUT2D eigenvalue weighted by Gasteiger charge is 2.43. The van der Waals surface area contributed by atoms with Gasteiger partial charge in [0.05, 0.1) is 29.2 Å². The number of nitrogens with one attached hydrogen (secondary N) is 2. The first-order chi connectivity index (χ1) is 20.2. The Kier molecular flexibility index (Phi) is 6.50. The van der Waals surface area contributed by atoms with Crippen molar-refractivity contribution < 1.29 is 18.0 Å². The summed E-state index contributed by atoms with van der Waals surface area (Å²) < 4.78 is 43.0. The number of carbonyl (C=O) groups is 1. The number of rotatable bonds is 6. The third-order valence-corrected chi connectivity index (χ3v) is 9.18. The van der Waals surface area contributed by atoms with Gasteiger partial charge in [0.1, 0.15) is 17.7 Å². The third-order valence-electron chi connectivity index (χ3n) is 9.18. The van der Waals surface area contributed by atoms with Crippen LogP contribution in [0.25, 0.3) is 22.3 Å². The van der Waals surface area contributed by atoms with E-state index in [4.69, 9.17) is 0 Å². The Balaban J connectivity index is 0.980. The molecule has 220 valence electrons. The van der Waals surface area contributed by atoms with Crippen LogP contribution in [0.3, 0.4) is 0 Å². The van der Waals surface area contributed by atoms with E-state index in [0.29, 0.717) is 45.1 Å². The number of aromatic nitrogens is 7. The molecule has 0 bridgehead atoms. The normalized spacial score (nSPS) is 22.6. The third kappa shape index (κ3) is 4.62. The molecular weight excluding hydrogens is 549 g/mol. The van der Waals surface area contributed by atoms with Crippen molar-refractivity contribution in [2.45, 2.75) is 55.9 Å². The van der Waals surface area contributed by atoms with Crippen molar-refractivity contribution in [1.82, 2.24) is 49.8 Å². The van der Waals surface area contributed by atoms with Crippen molar-refractivity contribution in [2.75, 3.05) is 33.2 Å². The highest BCUT2D eigenvalue weighted by atomic mass is 19.4. The summed E-state index contributed by atoms with van der Waals surface area (Å²) >= 11 is 0. The highest BCUT2D eigenvalue weighted by Crippen LogP contribution is 2.41. The van der Waals surface area contributed by atoms with Gasteiger partial charge in [-0.25, -0.2) is 19.9 Å². The van der Waals surface area contributed by atoms with Crippen LogP contribution in [0.1, 0.15) is 60.2 Å². The fourth-order valence-electron chi connectivity index (χ4n) is 6.38. The van der Waals surface area contributed by atoms with Gasteiger partial charge in [-0.3, -0.25) is 14.4 Å². The lowest BCUT2D eigenvalue weighted by Crippen LogP contribution is -2.55. The first kappa shape index (κ1) is 27.0. The van der Waals surface area contributed by atoms with Crippen molar-refractivity contribution in [3.8, 4) is 11.3 Å². The van der Waals surface area contributed by atoms with E-state index < -0.39 is 23.4 Å². The van der Waals surface area contributed by atoms with Crippen LogP contribution < -0.4 is 5.32 Å². The quantitative estimate of drug-likeness (QED) is 0.356. The van der Waals surface area contributed by atoms with Gasteiger partial charge in [0, 0.05) is 55.6 Å². The Bertz CT molecular complexity index is 1610. The number of hydrogen-bond acceptors (Lipinski definition) is 8. The van der Waals surface area contributed by atoms with Crippen LogP contribution in [-0.2, 0) is 11.7 Å². The van der Waals surface area contributed by atoms with Crippen LogP contribution in [0.5, 0.6) is 0 Å². The van der Waals surface area contributed by atoms with E-state index in [9.17, 15) is 18.0 Å². The number of fused-ring (bicyclic) bond motifs is 1. The van der Waals surface area contributed by atoms with Crippen LogP contribution in [-0.4, -0.2) is 89.7 Å². The second kappa shape index (κ2) is 10.1. The minimum atomic E-state index is -4.73. The van der Waals surface area contributed by atoms with Crippen LogP contribution in [0.15, 0.2) is 37.1 Å². The molecule has 4 aromatic rings. The fourth-order valence-corrected chi connectivity index (χ4v) is 6.38. The summed E-state index contributed by atoms with van der Waals surface area (Å²) in [7, 11) is 1.71. The second-order valence-electron chi connectivity index (χ2n) is 11.4. The van der Waals surface area contributed by atoms with Crippen molar-refractivity contribution >= 4 is 16.9 Å². The van der Waals surface area contributed by atoms with E-state index in [1.807, 2.05) is 29.3 Å². The van der Waals surface area contributed by atoms with Gasteiger partial charge in [-0.15, -0.1) is 0 Å². The molecular formula is C28H31F3N10O. The summed E-state index contributed by atoms with van der Waals surface area (Å²) in [5.41, 5.74) is 1.97. The number of carbonyl (C=O) groups excluding carboxylic acids is 1. The minimum absolute atomic E-state index is 0.193. The molecule has 1 aliphatic heterocycles. The molecule has 7 rings (SSSR count). The molecule has 0 unspecified atom stereocenters. The molecule has 0 spiro atoms. The van der Waals surface area contributed by atoms with Gasteiger partial charge in [-0.1, -0.05) is 0 Å². The van der Waals surface area contributed by atoms with Gasteiger partial charge >= 0.3 is 6.18 Å². The maximum Gasteiger partial charge on any atom is 0.451 e. The van der Waals surface area contributed by atoms with Crippen LogP contribution >= 0.6 is 0 Å². The van der Waals surface area contributed by atoms with E-state index in [0.717, 1.165) is 41.6 Å². The van der Waals surface area contributed by atoms with Gasteiger partial charge in [0.15, 0.2) is 0 Å². The lowest BCUT2D eigenvalue weighted by molar-refractivity contribution is -0.145. The van der Waals surface area contributed by atoms with Crippen molar-refractivity contribution in [3.63, 3.8) is 0 Å². The van der Waals surface area contributed by atoms with E-state index >= 15 is 0 Å². The Morgan fingerprint density at radius 1 is 1.10 bits per heavy atom. The molecule has 0 aromatic carbocycles. The summed E-state index contributed by atoms with van der Waals surface area (Å²) in [6.07, 6.45) is 6.62. The maximum absolute atomic E-state index is 13.7. The first-order valence-electron chi connectivity index (χ1n) is 14.3. The number of hydrogen-bond donors (Lipinski definition) is 2. The number of nitrogens with zero attached hydrogens (tertiary/aromatic N) is 8. The number of aromatic amines is 1. The zero-order chi connectivity index (χ0) is 29.1. The Morgan fingerprint density at radius 3 is 2.57 bits per heavy atom. The predicted molar refractivity (Wildman–Crippen MR) is 146 cm³/mol. The lowest BCUT2D eigenvalue weighted by atomic mass is 9.74. The van der Waals surface area contributed by atoms with Gasteiger partial charge in [-0.2, -0.15) is 18.3 Å². The SMILES string of the molecule is CNC1(c2cc(C(=O)N3CCN(C4CC(n5cc(-c6ncnc7[nH]ccc67)cn5)C4)CC3)nc(C(F)(F)F)n2)CCC1. The molecule has 11 nitrogen and oxygen atoms in total. The first-order valence-corrected chi connectivity index (χ1v) is 14.3. The molecule has 2 saturated carbocycles. The summed E-state index contributed by atoms with van der Waals surface area (Å²) in [6.45, 7) is 2.18. The number of piperazine rings is 1. The summed E-state index contributed by atoms with van der Waals surface area (Å²) in [5.74, 6) is -1.74. The molecule has 4 aromatic heterocycles. The van der Waals surface area contributed by atoms with Gasteiger partial charge < -0.3 is 15.2 Å². The fraction of sp³-hybridized carbons (Fsp3) is 0.500. The van der Waals surface area contributed by atoms with E-state index in [1.165, 1.54) is 6.07 Å².